The van der Waals surface area contributed by atoms with Crippen molar-refractivity contribution in [2.75, 3.05) is 0 Å². The van der Waals surface area contributed by atoms with Crippen LogP contribution in [0, 0.1) is 25.1 Å². The van der Waals surface area contributed by atoms with Crippen LogP contribution >= 0.6 is 15.9 Å². The number of nitroso groups, excluding NO2 is 1. The second kappa shape index (κ2) is 4.09. The van der Waals surface area contributed by atoms with Crippen molar-refractivity contribution in [1.29, 1.82) is 0 Å². The van der Waals surface area contributed by atoms with E-state index in [2.05, 4.69) is 21.1 Å². The Morgan fingerprint density at radius 3 is 1.80 bits per heavy atom. The summed E-state index contributed by atoms with van der Waals surface area (Å²) in [5.41, 5.74) is -2.19. The highest BCUT2D eigenvalue weighted by molar-refractivity contribution is 9.10. The molecule has 0 amide bonds. The third-order valence-corrected chi connectivity index (χ3v) is 1.98. The molecule has 0 aliphatic rings. The molecule has 0 atom stereocenters. The summed E-state index contributed by atoms with van der Waals surface area (Å²) in [7, 11) is 0. The van der Waals surface area contributed by atoms with Gasteiger partial charge in [0.25, 0.3) is 5.69 Å². The second-order valence-electron chi connectivity index (χ2n) is 2.40. The Hall–Kier alpha value is -1.90. The Kier molecular flexibility index (Phi) is 3.04. The molecule has 0 aromatic heterocycles. The number of rotatable bonds is 3. The first kappa shape index (κ1) is 11.2. The van der Waals surface area contributed by atoms with Crippen molar-refractivity contribution in [1.82, 2.24) is 0 Å². The van der Waals surface area contributed by atoms with Crippen LogP contribution in [-0.4, -0.2) is 9.85 Å². The first-order valence-corrected chi connectivity index (χ1v) is 4.22. The number of nitro groups is 2. The van der Waals surface area contributed by atoms with E-state index in [0.717, 1.165) is 12.1 Å². The normalized spacial score (nSPS) is 9.67. The molecule has 1 rings (SSSR count). The molecule has 0 saturated carbocycles. The third-order valence-electron chi connectivity index (χ3n) is 1.52. The highest BCUT2D eigenvalue weighted by atomic mass is 79.9. The maximum absolute atomic E-state index is 10.5. The van der Waals surface area contributed by atoms with Crippen LogP contribution in [0.3, 0.4) is 0 Å². The zero-order valence-electron chi connectivity index (χ0n) is 6.92. The molecule has 15 heavy (non-hydrogen) atoms. The van der Waals surface area contributed by atoms with Gasteiger partial charge in [-0.2, -0.15) is 0 Å². The maximum Gasteiger partial charge on any atom is 0.306 e. The van der Waals surface area contributed by atoms with Gasteiger partial charge in [0.15, 0.2) is 0 Å². The van der Waals surface area contributed by atoms with Crippen molar-refractivity contribution in [2.24, 2.45) is 5.18 Å². The molecule has 0 aliphatic heterocycles. The molecule has 0 spiro atoms. The standard InChI is InChI=1S/C6H2BrN3O5/c7-3-1-4(9(12)13)6(8-11)5(2-3)10(14)15/h1-2H. The number of halogens is 1. The number of hydrogen-bond donors (Lipinski definition) is 0. The van der Waals surface area contributed by atoms with Crippen LogP contribution in [0.4, 0.5) is 17.1 Å². The minimum absolute atomic E-state index is 0.133. The molecule has 1 aromatic carbocycles. The summed E-state index contributed by atoms with van der Waals surface area (Å²) in [5, 5.41) is 23.2. The zero-order chi connectivity index (χ0) is 11.6. The molecule has 9 heteroatoms. The summed E-state index contributed by atoms with van der Waals surface area (Å²) >= 11 is 2.86. The lowest BCUT2D eigenvalue weighted by atomic mass is 10.2. The molecule has 0 radical (unpaired) electrons. The highest BCUT2D eigenvalue weighted by Gasteiger charge is 2.27. The van der Waals surface area contributed by atoms with Gasteiger partial charge in [-0.3, -0.25) is 20.2 Å². The fourth-order valence-electron chi connectivity index (χ4n) is 0.943. The zero-order valence-corrected chi connectivity index (χ0v) is 8.50. The predicted molar refractivity (Wildman–Crippen MR) is 52.9 cm³/mol. The average Bonchev–Trinajstić information content (AvgIpc) is 2.16. The minimum atomic E-state index is -0.908. The van der Waals surface area contributed by atoms with Gasteiger partial charge < -0.3 is 0 Å². The fraction of sp³-hybridized carbons (Fsp3) is 0. The van der Waals surface area contributed by atoms with Crippen molar-refractivity contribution in [3.63, 3.8) is 0 Å². The summed E-state index contributed by atoms with van der Waals surface area (Å²) in [5.74, 6) is 0. The number of nitro benzene ring substituents is 2. The molecule has 0 N–H and O–H groups in total. The summed E-state index contributed by atoms with van der Waals surface area (Å²) in [6, 6.07) is 1.95. The van der Waals surface area contributed by atoms with E-state index in [-0.39, 0.29) is 4.47 Å². The van der Waals surface area contributed by atoms with Crippen LogP contribution in [0.2, 0.25) is 0 Å². The minimum Gasteiger partial charge on any atom is -0.258 e. The van der Waals surface area contributed by atoms with Crippen molar-refractivity contribution >= 4 is 33.0 Å². The molecule has 8 nitrogen and oxygen atoms in total. The van der Waals surface area contributed by atoms with E-state index in [9.17, 15) is 25.1 Å². The Balaban J connectivity index is 3.59. The van der Waals surface area contributed by atoms with E-state index in [1.807, 2.05) is 0 Å². The van der Waals surface area contributed by atoms with Gasteiger partial charge >= 0.3 is 11.4 Å². The molecule has 1 aromatic rings. The Morgan fingerprint density at radius 2 is 1.53 bits per heavy atom. The van der Waals surface area contributed by atoms with E-state index in [0.29, 0.717) is 0 Å². The van der Waals surface area contributed by atoms with Crippen molar-refractivity contribution in [3.05, 3.63) is 41.7 Å². The van der Waals surface area contributed by atoms with Crippen LogP contribution in [0.1, 0.15) is 0 Å². The van der Waals surface area contributed by atoms with Gasteiger partial charge in [0.1, 0.15) is 0 Å². The molecule has 0 unspecified atom stereocenters. The van der Waals surface area contributed by atoms with Gasteiger partial charge in [-0.15, -0.1) is 4.91 Å². The lowest BCUT2D eigenvalue weighted by Gasteiger charge is -1.97. The monoisotopic (exact) mass is 275 g/mol. The summed E-state index contributed by atoms with van der Waals surface area (Å²) < 4.78 is 0.133. The first-order chi connectivity index (χ1) is 6.97. The van der Waals surface area contributed by atoms with Gasteiger partial charge in [0.2, 0.25) is 0 Å². The van der Waals surface area contributed by atoms with Crippen molar-refractivity contribution in [3.8, 4) is 0 Å². The van der Waals surface area contributed by atoms with Crippen LogP contribution in [0.5, 0.6) is 0 Å². The van der Waals surface area contributed by atoms with E-state index >= 15 is 0 Å². The first-order valence-electron chi connectivity index (χ1n) is 3.43. The van der Waals surface area contributed by atoms with Gasteiger partial charge in [0.05, 0.1) is 9.85 Å². The van der Waals surface area contributed by atoms with Gasteiger partial charge in [-0.1, -0.05) is 15.9 Å². The third kappa shape index (κ3) is 2.13. The lowest BCUT2D eigenvalue weighted by molar-refractivity contribution is -0.392. The van der Waals surface area contributed by atoms with E-state index in [1.54, 1.807) is 0 Å². The van der Waals surface area contributed by atoms with Crippen LogP contribution in [-0.2, 0) is 0 Å². The van der Waals surface area contributed by atoms with Crippen LogP contribution < -0.4 is 0 Å². The largest absolute Gasteiger partial charge is 0.306 e. The molecular formula is C6H2BrN3O5. The molecule has 0 aliphatic carbocycles. The Labute approximate surface area is 90.3 Å². The maximum atomic E-state index is 10.5. The number of hydrogen-bond acceptors (Lipinski definition) is 6. The fourth-order valence-corrected chi connectivity index (χ4v) is 1.38. The van der Waals surface area contributed by atoms with Crippen LogP contribution in [0.15, 0.2) is 21.8 Å². The average molecular weight is 276 g/mol. The summed E-state index contributed by atoms with van der Waals surface area (Å²) in [4.78, 5) is 29.4. The van der Waals surface area contributed by atoms with E-state index < -0.39 is 26.9 Å². The second-order valence-corrected chi connectivity index (χ2v) is 3.31. The predicted octanol–water partition coefficient (Wildman–Crippen LogP) is 2.66. The van der Waals surface area contributed by atoms with Gasteiger partial charge in [-0.05, 0) is 5.18 Å². The number of nitrogens with zero attached hydrogens (tertiary/aromatic N) is 3. The van der Waals surface area contributed by atoms with Crippen LogP contribution in [0.25, 0.3) is 0 Å². The smallest absolute Gasteiger partial charge is 0.258 e. The molecular weight excluding hydrogens is 274 g/mol. The Bertz CT molecular complexity index is 425. The lowest BCUT2D eigenvalue weighted by Crippen LogP contribution is -1.94. The Morgan fingerprint density at radius 1 is 1.13 bits per heavy atom. The topological polar surface area (TPSA) is 116 Å². The molecule has 78 valence electrons. The quantitative estimate of drug-likeness (QED) is 0.478. The molecule has 0 fully saturated rings. The molecule has 0 heterocycles. The SMILES string of the molecule is O=Nc1c([N+](=O)[O-])cc(Br)cc1[N+](=O)[O-]. The molecule has 0 bridgehead atoms. The van der Waals surface area contributed by atoms with Crippen molar-refractivity contribution < 1.29 is 9.85 Å². The van der Waals surface area contributed by atoms with Crippen molar-refractivity contribution in [2.45, 2.75) is 0 Å². The molecule has 0 saturated heterocycles. The highest BCUT2D eigenvalue weighted by Crippen LogP contribution is 2.39. The van der Waals surface area contributed by atoms with E-state index in [4.69, 9.17) is 0 Å². The van der Waals surface area contributed by atoms with Gasteiger partial charge in [-0.25, -0.2) is 0 Å². The summed E-state index contributed by atoms with van der Waals surface area (Å²) in [6.45, 7) is 0. The van der Waals surface area contributed by atoms with Gasteiger partial charge in [0, 0.05) is 16.6 Å². The number of benzene rings is 1. The summed E-state index contributed by atoms with van der Waals surface area (Å²) in [6.07, 6.45) is 0. The van der Waals surface area contributed by atoms with E-state index in [1.165, 1.54) is 0 Å².